The van der Waals surface area contributed by atoms with E-state index in [1.165, 1.54) is 12.1 Å². The van der Waals surface area contributed by atoms with Crippen molar-refractivity contribution in [2.24, 2.45) is 4.99 Å². The van der Waals surface area contributed by atoms with Gasteiger partial charge in [-0.05, 0) is 58.2 Å². The van der Waals surface area contributed by atoms with Crippen molar-refractivity contribution in [1.82, 2.24) is 16.0 Å². The molecule has 0 aliphatic heterocycles. The molecule has 0 bridgehead atoms. The third-order valence-corrected chi connectivity index (χ3v) is 4.14. The van der Waals surface area contributed by atoms with Gasteiger partial charge in [0.25, 0.3) is 0 Å². The number of aliphatic imine (C=N–C) groups is 1. The van der Waals surface area contributed by atoms with Gasteiger partial charge in [-0.3, -0.25) is 4.79 Å². The fourth-order valence-electron chi connectivity index (χ4n) is 2.73. The Bertz CT molecular complexity index is 621. The molecule has 26 heavy (non-hydrogen) atoms. The summed E-state index contributed by atoms with van der Waals surface area (Å²) in [4.78, 5) is 16.3. The summed E-state index contributed by atoms with van der Waals surface area (Å²) in [6.07, 6.45) is 2.13. The number of benzene rings is 1. The predicted octanol–water partition coefficient (Wildman–Crippen LogP) is 2.95. The smallest absolute Gasteiger partial charge is 0.242 e. The van der Waals surface area contributed by atoms with Crippen LogP contribution >= 0.6 is 24.0 Å². The second-order valence-corrected chi connectivity index (χ2v) is 7.63. The van der Waals surface area contributed by atoms with Gasteiger partial charge in [0.05, 0.1) is 0 Å². The molecule has 0 unspecified atom stereocenters. The number of hydrogen-bond donors (Lipinski definition) is 3. The monoisotopic (exact) mass is 476 g/mol. The van der Waals surface area contributed by atoms with Crippen LogP contribution in [0.3, 0.4) is 0 Å². The predicted molar refractivity (Wildman–Crippen MR) is 115 cm³/mol. The molecule has 0 radical (unpaired) electrons. The maximum atomic E-state index is 13.1. The van der Waals surface area contributed by atoms with Crippen molar-refractivity contribution in [3.63, 3.8) is 0 Å². The van der Waals surface area contributed by atoms with Gasteiger partial charge in [0, 0.05) is 24.0 Å². The maximum Gasteiger partial charge on any atom is 0.242 e. The molecule has 1 aliphatic rings. The number of rotatable bonds is 6. The van der Waals surface area contributed by atoms with Crippen LogP contribution in [0.4, 0.5) is 4.39 Å². The van der Waals surface area contributed by atoms with Gasteiger partial charge >= 0.3 is 0 Å². The van der Waals surface area contributed by atoms with Crippen molar-refractivity contribution in [3.05, 3.63) is 35.6 Å². The molecule has 1 saturated carbocycles. The summed E-state index contributed by atoms with van der Waals surface area (Å²) in [5.41, 5.74) is 0.916. The summed E-state index contributed by atoms with van der Waals surface area (Å²) in [6.45, 7) is 9.32. The van der Waals surface area contributed by atoms with Crippen LogP contribution in [0.5, 0.6) is 0 Å². The molecule has 1 aliphatic carbocycles. The number of amides is 1. The van der Waals surface area contributed by atoms with Crippen molar-refractivity contribution in [2.75, 3.05) is 19.6 Å². The van der Waals surface area contributed by atoms with Crippen LogP contribution in [0, 0.1) is 5.82 Å². The fourth-order valence-corrected chi connectivity index (χ4v) is 2.73. The summed E-state index contributed by atoms with van der Waals surface area (Å²) in [6, 6.07) is 6.72. The first-order valence-corrected chi connectivity index (χ1v) is 8.83. The van der Waals surface area contributed by atoms with Gasteiger partial charge < -0.3 is 16.0 Å². The highest BCUT2D eigenvalue weighted by Crippen LogP contribution is 2.47. The normalized spacial score (nSPS) is 15.7. The zero-order chi connectivity index (χ0) is 18.5. The molecule has 1 amide bonds. The van der Waals surface area contributed by atoms with Crippen LogP contribution < -0.4 is 16.0 Å². The van der Waals surface area contributed by atoms with E-state index >= 15 is 0 Å². The Labute approximate surface area is 172 Å². The van der Waals surface area contributed by atoms with Gasteiger partial charge in [-0.25, -0.2) is 9.38 Å². The zero-order valence-corrected chi connectivity index (χ0v) is 18.3. The van der Waals surface area contributed by atoms with Crippen LogP contribution in [0.1, 0.15) is 46.1 Å². The van der Waals surface area contributed by atoms with E-state index in [1.54, 1.807) is 0 Å². The SMILES string of the molecule is CCNC(=NCC(=O)NC(C)(C)C)NCC1(c2ccc(F)cc2)CC1.I. The number of halogens is 2. The summed E-state index contributed by atoms with van der Waals surface area (Å²) in [7, 11) is 0. The zero-order valence-electron chi connectivity index (χ0n) is 16.0. The number of guanidine groups is 1. The molecule has 1 fully saturated rings. The minimum Gasteiger partial charge on any atom is -0.357 e. The number of carbonyl (C=O) groups is 1. The standard InChI is InChI=1S/C19H29FN4O.HI/c1-5-21-17(22-12-16(25)24-18(2,3)4)23-13-19(10-11-19)14-6-8-15(20)9-7-14;/h6-9H,5,10-13H2,1-4H3,(H,24,25)(H2,21,22,23);1H. The van der Waals surface area contributed by atoms with Crippen molar-refractivity contribution in [3.8, 4) is 0 Å². The summed E-state index contributed by atoms with van der Waals surface area (Å²) in [5.74, 6) is 0.302. The molecular formula is C19H30FIN4O. The highest BCUT2D eigenvalue weighted by atomic mass is 127. The third-order valence-electron chi connectivity index (χ3n) is 4.14. The van der Waals surface area contributed by atoms with Crippen LogP contribution in [-0.2, 0) is 10.2 Å². The second kappa shape index (κ2) is 9.53. The second-order valence-electron chi connectivity index (χ2n) is 7.63. The van der Waals surface area contributed by atoms with E-state index in [0.29, 0.717) is 12.5 Å². The van der Waals surface area contributed by atoms with E-state index in [1.807, 2.05) is 39.8 Å². The van der Waals surface area contributed by atoms with Gasteiger partial charge in [0.1, 0.15) is 12.4 Å². The molecule has 7 heteroatoms. The molecule has 0 heterocycles. The van der Waals surface area contributed by atoms with Gasteiger partial charge in [-0.2, -0.15) is 0 Å². The van der Waals surface area contributed by atoms with Gasteiger partial charge in [0.15, 0.2) is 5.96 Å². The molecule has 0 aromatic heterocycles. The fraction of sp³-hybridized carbons (Fsp3) is 0.579. The first kappa shape index (κ1) is 22.7. The minimum absolute atomic E-state index is 0. The summed E-state index contributed by atoms with van der Waals surface area (Å²) >= 11 is 0. The minimum atomic E-state index is -0.265. The van der Waals surface area contributed by atoms with Gasteiger partial charge in [-0.15, -0.1) is 24.0 Å². The molecule has 5 nitrogen and oxygen atoms in total. The van der Waals surface area contributed by atoms with E-state index in [9.17, 15) is 9.18 Å². The lowest BCUT2D eigenvalue weighted by molar-refractivity contribution is -0.121. The first-order valence-electron chi connectivity index (χ1n) is 8.83. The maximum absolute atomic E-state index is 13.1. The van der Waals surface area contributed by atoms with E-state index in [-0.39, 0.29) is 53.2 Å². The van der Waals surface area contributed by atoms with Gasteiger partial charge in [0.2, 0.25) is 5.91 Å². The molecule has 146 valence electrons. The molecular weight excluding hydrogens is 446 g/mol. The lowest BCUT2D eigenvalue weighted by Crippen LogP contribution is -2.44. The third kappa shape index (κ3) is 7.09. The highest BCUT2D eigenvalue weighted by molar-refractivity contribution is 14.0. The van der Waals surface area contributed by atoms with Crippen molar-refractivity contribution in [2.45, 2.75) is 51.5 Å². The van der Waals surface area contributed by atoms with E-state index in [2.05, 4.69) is 20.9 Å². The van der Waals surface area contributed by atoms with Crippen LogP contribution in [0.25, 0.3) is 0 Å². The Hall–Kier alpha value is -1.38. The Morgan fingerprint density at radius 1 is 1.19 bits per heavy atom. The Morgan fingerprint density at radius 2 is 1.81 bits per heavy atom. The van der Waals surface area contributed by atoms with Crippen LogP contribution in [0.15, 0.2) is 29.3 Å². The number of carbonyl (C=O) groups excluding carboxylic acids is 1. The molecule has 1 aromatic rings. The molecule has 1 aromatic carbocycles. The van der Waals surface area contributed by atoms with Crippen LogP contribution in [-0.4, -0.2) is 37.0 Å². The number of nitrogens with zero attached hydrogens (tertiary/aromatic N) is 1. The van der Waals surface area contributed by atoms with E-state index in [0.717, 1.165) is 24.9 Å². The highest BCUT2D eigenvalue weighted by Gasteiger charge is 2.44. The van der Waals surface area contributed by atoms with Crippen molar-refractivity contribution >= 4 is 35.8 Å². The average molecular weight is 476 g/mol. The Kier molecular flexibility index (Phi) is 8.30. The number of nitrogens with one attached hydrogen (secondary N) is 3. The average Bonchev–Trinajstić information content (AvgIpc) is 3.30. The van der Waals surface area contributed by atoms with Crippen LogP contribution in [0.2, 0.25) is 0 Å². The Morgan fingerprint density at radius 3 is 2.31 bits per heavy atom. The summed E-state index contributed by atoms with van der Waals surface area (Å²) in [5, 5.41) is 9.38. The lowest BCUT2D eigenvalue weighted by atomic mass is 9.96. The Balaban J connectivity index is 0.00000338. The van der Waals surface area contributed by atoms with E-state index < -0.39 is 0 Å². The molecule has 0 saturated heterocycles. The molecule has 2 rings (SSSR count). The van der Waals surface area contributed by atoms with E-state index in [4.69, 9.17) is 0 Å². The molecule has 0 atom stereocenters. The molecule has 3 N–H and O–H groups in total. The van der Waals surface area contributed by atoms with Crippen molar-refractivity contribution < 1.29 is 9.18 Å². The lowest BCUT2D eigenvalue weighted by Gasteiger charge is -2.21. The van der Waals surface area contributed by atoms with Crippen molar-refractivity contribution in [1.29, 1.82) is 0 Å². The largest absolute Gasteiger partial charge is 0.357 e. The topological polar surface area (TPSA) is 65.5 Å². The molecule has 0 spiro atoms. The number of hydrogen-bond acceptors (Lipinski definition) is 2. The van der Waals surface area contributed by atoms with Gasteiger partial charge in [-0.1, -0.05) is 12.1 Å². The first-order chi connectivity index (χ1) is 11.7. The summed E-state index contributed by atoms with van der Waals surface area (Å²) < 4.78 is 13.1. The quantitative estimate of drug-likeness (QED) is 0.336.